The first-order valence-electron chi connectivity index (χ1n) is 5.25. The van der Waals surface area contributed by atoms with Crippen LogP contribution in [0, 0.1) is 10.3 Å². The highest BCUT2D eigenvalue weighted by Crippen LogP contribution is 2.45. The maximum atomic E-state index is 11.3. The Balaban J connectivity index is 3.13. The number of carboxylic acids is 2. The highest BCUT2D eigenvalue weighted by atomic mass is 16.5. The molecule has 0 aromatic rings. The summed E-state index contributed by atoms with van der Waals surface area (Å²) < 4.78 is 5.07. The van der Waals surface area contributed by atoms with Crippen molar-refractivity contribution in [2.75, 3.05) is 13.2 Å². The molecule has 96 valence electrons. The van der Waals surface area contributed by atoms with Crippen LogP contribution in [-0.4, -0.2) is 40.9 Å². The van der Waals surface area contributed by atoms with E-state index in [9.17, 15) is 19.6 Å². The van der Waals surface area contributed by atoms with Gasteiger partial charge in [-0.15, -0.1) is 0 Å². The van der Waals surface area contributed by atoms with Gasteiger partial charge in [0.05, 0.1) is 6.42 Å². The molecule has 1 unspecified atom stereocenters. The summed E-state index contributed by atoms with van der Waals surface area (Å²) in [5.74, 6) is -2.58. The number of ether oxygens (including phenoxy) is 1. The number of hydrogen-bond donors (Lipinski definition) is 2. The summed E-state index contributed by atoms with van der Waals surface area (Å²) in [6.45, 7) is 1.69. The van der Waals surface area contributed by atoms with E-state index in [4.69, 9.17) is 9.84 Å². The van der Waals surface area contributed by atoms with Gasteiger partial charge < -0.3 is 14.9 Å². The predicted octanol–water partition coefficient (Wildman–Crippen LogP) is 0.868. The Morgan fingerprint density at radius 2 is 1.88 bits per heavy atom. The molecule has 0 amide bonds. The number of hydrogen-bond acceptors (Lipinski definition) is 5. The minimum Gasteiger partial charge on any atom is -0.481 e. The standard InChI is InChI=1S/C10H15NO6/c1-9(8(14)15,6-7(12)13)10(11-16)2-4-17-5-3-10/h2-6H2,1H3,(H,12,13)(H,14,15). The van der Waals surface area contributed by atoms with Gasteiger partial charge in [-0.1, -0.05) is 5.18 Å². The quantitative estimate of drug-likeness (QED) is 0.694. The monoisotopic (exact) mass is 245 g/mol. The van der Waals surface area contributed by atoms with Crippen LogP contribution in [0.15, 0.2) is 5.18 Å². The van der Waals surface area contributed by atoms with E-state index in [2.05, 4.69) is 5.18 Å². The van der Waals surface area contributed by atoms with Crippen molar-refractivity contribution in [2.45, 2.75) is 31.7 Å². The molecule has 1 saturated heterocycles. The summed E-state index contributed by atoms with van der Waals surface area (Å²) in [4.78, 5) is 33.2. The maximum absolute atomic E-state index is 11.3. The van der Waals surface area contributed by atoms with Crippen LogP contribution in [0.4, 0.5) is 0 Å². The molecule has 1 atom stereocenters. The third-order valence-corrected chi connectivity index (χ3v) is 3.50. The normalized spacial score (nSPS) is 22.4. The van der Waals surface area contributed by atoms with Crippen LogP contribution in [0.5, 0.6) is 0 Å². The smallest absolute Gasteiger partial charge is 0.312 e. The molecule has 2 N–H and O–H groups in total. The Bertz CT molecular complexity index is 336. The van der Waals surface area contributed by atoms with Crippen molar-refractivity contribution in [1.29, 1.82) is 0 Å². The lowest BCUT2D eigenvalue weighted by atomic mass is 9.65. The third-order valence-electron chi connectivity index (χ3n) is 3.50. The van der Waals surface area contributed by atoms with E-state index in [0.717, 1.165) is 0 Å². The van der Waals surface area contributed by atoms with Crippen LogP contribution in [0.3, 0.4) is 0 Å². The number of carboxylic acid groups (broad SMARTS) is 2. The van der Waals surface area contributed by atoms with Crippen molar-refractivity contribution in [1.82, 2.24) is 0 Å². The lowest BCUT2D eigenvalue weighted by molar-refractivity contribution is -0.162. The van der Waals surface area contributed by atoms with Gasteiger partial charge >= 0.3 is 11.9 Å². The second-order valence-corrected chi connectivity index (χ2v) is 4.44. The Morgan fingerprint density at radius 3 is 2.24 bits per heavy atom. The number of aliphatic carboxylic acids is 2. The lowest BCUT2D eigenvalue weighted by Crippen LogP contribution is -2.54. The van der Waals surface area contributed by atoms with Crippen LogP contribution < -0.4 is 0 Å². The zero-order valence-electron chi connectivity index (χ0n) is 9.51. The molecule has 1 aliphatic rings. The molecule has 1 heterocycles. The molecule has 1 fully saturated rings. The van der Waals surface area contributed by atoms with E-state index in [1.165, 1.54) is 6.92 Å². The Labute approximate surface area is 97.7 Å². The molecular weight excluding hydrogens is 230 g/mol. The zero-order valence-corrected chi connectivity index (χ0v) is 9.51. The van der Waals surface area contributed by atoms with Crippen LogP contribution in [0.25, 0.3) is 0 Å². The minimum absolute atomic E-state index is 0.132. The van der Waals surface area contributed by atoms with Gasteiger partial charge in [0.15, 0.2) is 0 Å². The third kappa shape index (κ3) is 2.28. The minimum atomic E-state index is -1.70. The zero-order chi connectivity index (χ0) is 13.1. The molecule has 7 heteroatoms. The molecule has 1 aliphatic heterocycles. The summed E-state index contributed by atoms with van der Waals surface area (Å²) in [6.07, 6.45) is -0.368. The fraction of sp³-hybridized carbons (Fsp3) is 0.800. The predicted molar refractivity (Wildman–Crippen MR) is 56.6 cm³/mol. The van der Waals surface area contributed by atoms with E-state index in [0.29, 0.717) is 0 Å². The number of nitrogens with zero attached hydrogens (tertiary/aromatic N) is 1. The first-order valence-corrected chi connectivity index (χ1v) is 5.25. The fourth-order valence-electron chi connectivity index (χ4n) is 2.19. The van der Waals surface area contributed by atoms with E-state index in [1.807, 2.05) is 0 Å². The molecule has 0 aliphatic carbocycles. The van der Waals surface area contributed by atoms with Crippen LogP contribution >= 0.6 is 0 Å². The van der Waals surface area contributed by atoms with Gasteiger partial charge in [-0.3, -0.25) is 9.59 Å². The molecule has 17 heavy (non-hydrogen) atoms. The van der Waals surface area contributed by atoms with Gasteiger partial charge in [0.1, 0.15) is 11.0 Å². The molecule has 7 nitrogen and oxygen atoms in total. The average molecular weight is 245 g/mol. The van der Waals surface area contributed by atoms with Gasteiger partial charge in [-0.05, 0) is 6.92 Å². The second kappa shape index (κ2) is 4.79. The Morgan fingerprint density at radius 1 is 1.35 bits per heavy atom. The maximum Gasteiger partial charge on any atom is 0.312 e. The lowest BCUT2D eigenvalue weighted by Gasteiger charge is -2.41. The summed E-state index contributed by atoms with van der Waals surface area (Å²) in [5.41, 5.74) is -3.11. The van der Waals surface area contributed by atoms with E-state index in [1.54, 1.807) is 0 Å². The van der Waals surface area contributed by atoms with E-state index in [-0.39, 0.29) is 26.1 Å². The van der Waals surface area contributed by atoms with Gasteiger partial charge in [0.2, 0.25) is 0 Å². The molecule has 0 radical (unpaired) electrons. The fourth-order valence-corrected chi connectivity index (χ4v) is 2.19. The molecule has 0 saturated carbocycles. The second-order valence-electron chi connectivity index (χ2n) is 4.44. The molecular formula is C10H15NO6. The first-order chi connectivity index (χ1) is 7.88. The van der Waals surface area contributed by atoms with Crippen molar-refractivity contribution in [2.24, 2.45) is 10.6 Å². The van der Waals surface area contributed by atoms with Crippen LogP contribution in [0.2, 0.25) is 0 Å². The molecule has 0 aromatic heterocycles. The number of carbonyl (C=O) groups is 2. The first kappa shape index (κ1) is 13.6. The van der Waals surface area contributed by atoms with Crippen molar-refractivity contribution < 1.29 is 24.5 Å². The highest BCUT2D eigenvalue weighted by molar-refractivity contribution is 5.82. The highest BCUT2D eigenvalue weighted by Gasteiger charge is 2.57. The SMILES string of the molecule is CC(CC(=O)O)(C(=O)O)C1(N=O)CCOCC1. The summed E-state index contributed by atoms with van der Waals surface area (Å²) in [6, 6.07) is 0. The van der Waals surface area contributed by atoms with Gasteiger partial charge in [-0.25, -0.2) is 0 Å². The Hall–Kier alpha value is -1.50. The Kier molecular flexibility index (Phi) is 3.82. The van der Waals surface area contributed by atoms with Gasteiger partial charge in [-0.2, -0.15) is 4.91 Å². The molecule has 0 bridgehead atoms. The van der Waals surface area contributed by atoms with E-state index < -0.39 is 29.3 Å². The van der Waals surface area contributed by atoms with Crippen LogP contribution in [0.1, 0.15) is 26.2 Å². The summed E-state index contributed by atoms with van der Waals surface area (Å²) >= 11 is 0. The van der Waals surface area contributed by atoms with Gasteiger partial charge in [0.25, 0.3) is 0 Å². The van der Waals surface area contributed by atoms with Crippen molar-refractivity contribution in [3.05, 3.63) is 4.91 Å². The van der Waals surface area contributed by atoms with Crippen molar-refractivity contribution >= 4 is 11.9 Å². The van der Waals surface area contributed by atoms with E-state index >= 15 is 0 Å². The van der Waals surface area contributed by atoms with Crippen molar-refractivity contribution in [3.63, 3.8) is 0 Å². The topological polar surface area (TPSA) is 113 Å². The number of rotatable bonds is 5. The number of nitroso groups, excluding NO2 is 1. The molecule has 0 aromatic carbocycles. The molecule has 1 rings (SSSR count). The summed E-state index contributed by atoms with van der Waals surface area (Å²) in [5, 5.41) is 21.0. The summed E-state index contributed by atoms with van der Waals surface area (Å²) in [7, 11) is 0. The average Bonchev–Trinajstić information content (AvgIpc) is 2.28. The van der Waals surface area contributed by atoms with Gasteiger partial charge in [0, 0.05) is 26.1 Å². The largest absolute Gasteiger partial charge is 0.481 e. The van der Waals surface area contributed by atoms with Crippen molar-refractivity contribution in [3.8, 4) is 0 Å². The molecule has 0 spiro atoms. The van der Waals surface area contributed by atoms with Crippen LogP contribution in [-0.2, 0) is 14.3 Å².